The molecule has 2 aliphatic heterocycles. The smallest absolute Gasteiger partial charge is 0.241 e. The van der Waals surface area contributed by atoms with Crippen molar-refractivity contribution in [3.63, 3.8) is 0 Å². The minimum Gasteiger partial charge on any atom is -0.490 e. The standard InChI is InChI=1S/C25H30N2O3/c1-5-15-30-21-12-11-18(16-22(21)29-6-2)13-14-25-24(3,4)19-9-7-8-10-20(19)27(25)17-23(28)26-25/h7-14,16H,5-6,15,17H2,1-4H3,(H,26,28). The topological polar surface area (TPSA) is 50.8 Å². The molecule has 0 saturated carbocycles. The molecule has 0 aromatic heterocycles. The SMILES string of the molecule is CCCOc1ccc(C=CC23NC(=O)CN2c2ccccc2C3(C)C)cc1OCC. The van der Waals surface area contributed by atoms with Crippen molar-refractivity contribution in [1.29, 1.82) is 0 Å². The first kappa shape index (κ1) is 20.3. The van der Waals surface area contributed by atoms with Crippen LogP contribution < -0.4 is 19.7 Å². The van der Waals surface area contributed by atoms with Crippen LogP contribution in [0.2, 0.25) is 0 Å². The maximum atomic E-state index is 12.4. The molecule has 2 aliphatic rings. The van der Waals surface area contributed by atoms with Crippen LogP contribution in [0.1, 0.15) is 45.2 Å². The molecule has 158 valence electrons. The van der Waals surface area contributed by atoms with Crippen LogP contribution in [0.25, 0.3) is 6.08 Å². The summed E-state index contributed by atoms with van der Waals surface area (Å²) in [6.45, 7) is 10.0. The van der Waals surface area contributed by atoms with Crippen LogP contribution in [-0.4, -0.2) is 31.3 Å². The van der Waals surface area contributed by atoms with Crippen molar-refractivity contribution >= 4 is 17.7 Å². The Bertz CT molecular complexity index is 982. The van der Waals surface area contributed by atoms with Crippen molar-refractivity contribution < 1.29 is 14.3 Å². The van der Waals surface area contributed by atoms with E-state index in [1.807, 2.05) is 31.2 Å². The number of fused-ring (bicyclic) bond motifs is 3. The fraction of sp³-hybridized carbons (Fsp3) is 0.400. The summed E-state index contributed by atoms with van der Waals surface area (Å²) >= 11 is 0. The Balaban J connectivity index is 1.71. The highest BCUT2D eigenvalue weighted by Gasteiger charge is 2.59. The number of rotatable bonds is 7. The Hall–Kier alpha value is -2.95. The summed E-state index contributed by atoms with van der Waals surface area (Å²) < 4.78 is 11.6. The van der Waals surface area contributed by atoms with Crippen molar-refractivity contribution in [1.82, 2.24) is 5.32 Å². The number of carbonyl (C=O) groups is 1. The Labute approximate surface area is 178 Å². The number of amides is 1. The number of anilines is 1. The summed E-state index contributed by atoms with van der Waals surface area (Å²) in [4.78, 5) is 14.6. The first-order chi connectivity index (χ1) is 14.4. The average Bonchev–Trinajstić information content (AvgIpc) is 3.17. The summed E-state index contributed by atoms with van der Waals surface area (Å²) in [7, 11) is 0. The lowest BCUT2D eigenvalue weighted by Gasteiger charge is -2.40. The number of ether oxygens (including phenoxy) is 2. The number of nitrogens with zero attached hydrogens (tertiary/aromatic N) is 1. The van der Waals surface area contributed by atoms with E-state index >= 15 is 0 Å². The molecule has 1 fully saturated rings. The lowest BCUT2D eigenvalue weighted by molar-refractivity contribution is -0.118. The molecule has 4 rings (SSSR count). The summed E-state index contributed by atoms with van der Waals surface area (Å²) in [6, 6.07) is 14.3. The second kappa shape index (κ2) is 7.71. The number of para-hydroxylation sites is 1. The third-order valence-corrected chi connectivity index (χ3v) is 6.12. The van der Waals surface area contributed by atoms with Crippen molar-refractivity contribution in [3.05, 3.63) is 59.7 Å². The molecule has 1 amide bonds. The number of carbonyl (C=O) groups excluding carboxylic acids is 1. The third-order valence-electron chi connectivity index (χ3n) is 6.12. The molecule has 5 nitrogen and oxygen atoms in total. The van der Waals surface area contributed by atoms with Gasteiger partial charge in [-0.3, -0.25) is 4.79 Å². The average molecular weight is 407 g/mol. The molecule has 2 aromatic rings. The Kier molecular flexibility index (Phi) is 5.22. The summed E-state index contributed by atoms with van der Waals surface area (Å²) in [5, 5.41) is 3.26. The van der Waals surface area contributed by atoms with Gasteiger partial charge in [0, 0.05) is 11.1 Å². The largest absolute Gasteiger partial charge is 0.490 e. The first-order valence-corrected chi connectivity index (χ1v) is 10.7. The molecule has 0 aliphatic carbocycles. The van der Waals surface area contributed by atoms with Gasteiger partial charge in [-0.1, -0.05) is 51.1 Å². The maximum Gasteiger partial charge on any atom is 0.241 e. The molecule has 1 atom stereocenters. The highest BCUT2D eigenvalue weighted by molar-refractivity contribution is 5.91. The zero-order chi connectivity index (χ0) is 21.4. The quantitative estimate of drug-likeness (QED) is 0.735. The van der Waals surface area contributed by atoms with Gasteiger partial charge < -0.3 is 19.7 Å². The van der Waals surface area contributed by atoms with Crippen LogP contribution >= 0.6 is 0 Å². The zero-order valence-corrected chi connectivity index (χ0v) is 18.2. The molecule has 0 radical (unpaired) electrons. The molecule has 30 heavy (non-hydrogen) atoms. The van der Waals surface area contributed by atoms with E-state index in [-0.39, 0.29) is 11.3 Å². The summed E-state index contributed by atoms with van der Waals surface area (Å²) in [6.07, 6.45) is 5.13. The minimum atomic E-state index is -0.600. The summed E-state index contributed by atoms with van der Waals surface area (Å²) in [5.74, 6) is 1.55. The van der Waals surface area contributed by atoms with Gasteiger partial charge in [0.05, 0.1) is 19.8 Å². The Morgan fingerprint density at radius 2 is 1.90 bits per heavy atom. The number of nitrogens with one attached hydrogen (secondary N) is 1. The van der Waals surface area contributed by atoms with Crippen LogP contribution in [0, 0.1) is 0 Å². The second-order valence-electron chi connectivity index (χ2n) is 8.36. The highest BCUT2D eigenvalue weighted by Crippen LogP contribution is 2.52. The van der Waals surface area contributed by atoms with E-state index in [0.29, 0.717) is 19.8 Å². The van der Waals surface area contributed by atoms with Crippen molar-refractivity contribution in [2.24, 2.45) is 0 Å². The Morgan fingerprint density at radius 3 is 2.67 bits per heavy atom. The van der Waals surface area contributed by atoms with Crippen LogP contribution in [-0.2, 0) is 10.2 Å². The first-order valence-electron chi connectivity index (χ1n) is 10.7. The van der Waals surface area contributed by atoms with E-state index in [2.05, 4.69) is 61.3 Å². The minimum absolute atomic E-state index is 0.0422. The van der Waals surface area contributed by atoms with Crippen molar-refractivity contribution in [3.8, 4) is 11.5 Å². The Morgan fingerprint density at radius 1 is 1.10 bits per heavy atom. The van der Waals surface area contributed by atoms with Gasteiger partial charge in [0.15, 0.2) is 11.5 Å². The van der Waals surface area contributed by atoms with Gasteiger partial charge in [0.2, 0.25) is 5.91 Å². The fourth-order valence-electron chi connectivity index (χ4n) is 4.58. The van der Waals surface area contributed by atoms with Gasteiger partial charge in [-0.05, 0) is 48.7 Å². The van der Waals surface area contributed by atoms with Crippen molar-refractivity contribution in [2.45, 2.75) is 45.2 Å². The molecule has 1 unspecified atom stereocenters. The number of hydrogen-bond acceptors (Lipinski definition) is 4. The lowest BCUT2D eigenvalue weighted by atomic mass is 9.75. The van der Waals surface area contributed by atoms with Gasteiger partial charge in [0.25, 0.3) is 0 Å². The van der Waals surface area contributed by atoms with E-state index in [9.17, 15) is 4.79 Å². The van der Waals surface area contributed by atoms with Crippen LogP contribution in [0.5, 0.6) is 11.5 Å². The molecule has 1 saturated heterocycles. The van der Waals surface area contributed by atoms with Gasteiger partial charge >= 0.3 is 0 Å². The van der Waals surface area contributed by atoms with Crippen LogP contribution in [0.15, 0.2) is 48.5 Å². The molecule has 2 heterocycles. The molecule has 0 bridgehead atoms. The van der Waals surface area contributed by atoms with Gasteiger partial charge in [-0.25, -0.2) is 0 Å². The van der Waals surface area contributed by atoms with E-state index in [0.717, 1.165) is 29.2 Å². The van der Waals surface area contributed by atoms with Crippen LogP contribution in [0.3, 0.4) is 0 Å². The number of hydrogen-bond donors (Lipinski definition) is 1. The van der Waals surface area contributed by atoms with Gasteiger partial charge in [-0.2, -0.15) is 0 Å². The third kappa shape index (κ3) is 3.13. The predicted molar refractivity (Wildman–Crippen MR) is 120 cm³/mol. The molecule has 1 N–H and O–H groups in total. The zero-order valence-electron chi connectivity index (χ0n) is 18.2. The molecule has 0 spiro atoms. The van der Waals surface area contributed by atoms with E-state index < -0.39 is 5.66 Å². The van der Waals surface area contributed by atoms with Crippen LogP contribution in [0.4, 0.5) is 5.69 Å². The number of benzene rings is 2. The molecular formula is C25H30N2O3. The highest BCUT2D eigenvalue weighted by atomic mass is 16.5. The van der Waals surface area contributed by atoms with E-state index in [1.54, 1.807) is 0 Å². The normalized spacial score (nSPS) is 21.5. The van der Waals surface area contributed by atoms with Crippen molar-refractivity contribution in [2.75, 3.05) is 24.7 Å². The molecule has 5 heteroatoms. The van der Waals surface area contributed by atoms with E-state index in [1.165, 1.54) is 5.56 Å². The predicted octanol–water partition coefficient (Wildman–Crippen LogP) is 4.51. The summed E-state index contributed by atoms with van der Waals surface area (Å²) in [5.41, 5.74) is 2.48. The lowest BCUT2D eigenvalue weighted by Crippen LogP contribution is -2.58. The van der Waals surface area contributed by atoms with Gasteiger partial charge in [0.1, 0.15) is 5.66 Å². The molecular weight excluding hydrogens is 376 g/mol. The second-order valence-corrected chi connectivity index (χ2v) is 8.36. The monoisotopic (exact) mass is 406 g/mol. The fourth-order valence-corrected chi connectivity index (χ4v) is 4.58. The maximum absolute atomic E-state index is 12.4. The molecule has 2 aromatic carbocycles. The van der Waals surface area contributed by atoms with Gasteiger partial charge in [-0.15, -0.1) is 0 Å². The van der Waals surface area contributed by atoms with E-state index in [4.69, 9.17) is 9.47 Å².